The average molecular weight is 319 g/mol. The summed E-state index contributed by atoms with van der Waals surface area (Å²) in [6.45, 7) is 10.5. The minimum absolute atomic E-state index is 0.219. The van der Waals surface area contributed by atoms with Crippen molar-refractivity contribution in [1.29, 1.82) is 0 Å². The number of carbonyl (C=O) groups excluding carboxylic acids is 1. The van der Waals surface area contributed by atoms with Crippen molar-refractivity contribution in [3.8, 4) is 5.75 Å². The summed E-state index contributed by atoms with van der Waals surface area (Å²) in [6.07, 6.45) is 4.47. The number of nitrogens with zero attached hydrogens (tertiary/aromatic N) is 1. The number of hydrogen-bond acceptors (Lipinski definition) is 4. The summed E-state index contributed by atoms with van der Waals surface area (Å²) in [5.74, 6) is 0.607. The van der Waals surface area contributed by atoms with E-state index in [1.54, 1.807) is 0 Å². The van der Waals surface area contributed by atoms with Gasteiger partial charge in [0.1, 0.15) is 5.75 Å². The van der Waals surface area contributed by atoms with E-state index in [9.17, 15) is 4.79 Å². The highest BCUT2D eigenvalue weighted by molar-refractivity contribution is 5.93. The Morgan fingerprint density at radius 3 is 2.39 bits per heavy atom. The Bertz CT molecular complexity index is 498. The quantitative estimate of drug-likeness (QED) is 0.540. The largest absolute Gasteiger partial charge is 0.494 e. The molecule has 4 heteroatoms. The van der Waals surface area contributed by atoms with E-state index in [1.807, 2.05) is 26.0 Å². The highest BCUT2D eigenvalue weighted by Gasteiger charge is 2.16. The summed E-state index contributed by atoms with van der Waals surface area (Å²) in [6, 6.07) is 3.84. The summed E-state index contributed by atoms with van der Waals surface area (Å²) in [7, 11) is 0. The van der Waals surface area contributed by atoms with Crippen LogP contribution in [-0.4, -0.2) is 43.7 Å². The van der Waals surface area contributed by atoms with Gasteiger partial charge in [0.2, 0.25) is 0 Å². The topological polar surface area (TPSA) is 38.8 Å². The summed E-state index contributed by atoms with van der Waals surface area (Å²) in [4.78, 5) is 14.8. The average Bonchev–Trinajstić information content (AvgIpc) is 3.02. The van der Waals surface area contributed by atoms with Gasteiger partial charge in [-0.3, -0.25) is 0 Å². The molecule has 0 radical (unpaired) electrons. The van der Waals surface area contributed by atoms with E-state index in [0.29, 0.717) is 18.8 Å². The number of benzene rings is 1. The minimum Gasteiger partial charge on any atom is -0.494 e. The maximum atomic E-state index is 12.3. The molecule has 4 nitrogen and oxygen atoms in total. The lowest BCUT2D eigenvalue weighted by Crippen LogP contribution is -2.22. The number of carbonyl (C=O) groups is 1. The second kappa shape index (κ2) is 8.92. The Balaban J connectivity index is 1.85. The Morgan fingerprint density at radius 2 is 1.78 bits per heavy atom. The first-order valence-electron chi connectivity index (χ1n) is 8.75. The zero-order valence-electron chi connectivity index (χ0n) is 14.7. The van der Waals surface area contributed by atoms with Crippen LogP contribution in [0.4, 0.5) is 0 Å². The van der Waals surface area contributed by atoms with Crippen molar-refractivity contribution < 1.29 is 14.3 Å². The summed E-state index contributed by atoms with van der Waals surface area (Å²) >= 11 is 0. The molecule has 0 unspecified atom stereocenters. The molecule has 23 heavy (non-hydrogen) atoms. The Morgan fingerprint density at radius 1 is 1.13 bits per heavy atom. The van der Waals surface area contributed by atoms with Crippen molar-refractivity contribution in [2.75, 3.05) is 32.8 Å². The van der Waals surface area contributed by atoms with E-state index >= 15 is 0 Å². The van der Waals surface area contributed by atoms with Gasteiger partial charge in [0.05, 0.1) is 18.8 Å². The van der Waals surface area contributed by atoms with Gasteiger partial charge < -0.3 is 14.4 Å². The third kappa shape index (κ3) is 5.24. The molecule has 128 valence electrons. The van der Waals surface area contributed by atoms with E-state index in [1.165, 1.54) is 25.9 Å². The van der Waals surface area contributed by atoms with Crippen LogP contribution in [0.25, 0.3) is 0 Å². The molecule has 0 saturated carbocycles. The molecule has 1 saturated heterocycles. The van der Waals surface area contributed by atoms with Gasteiger partial charge in [0.15, 0.2) is 0 Å². The second-order valence-corrected chi connectivity index (χ2v) is 6.32. The molecule has 0 N–H and O–H groups in total. The Kier molecular flexibility index (Phi) is 6.90. The maximum Gasteiger partial charge on any atom is 0.338 e. The first-order chi connectivity index (χ1) is 11.1. The Hall–Kier alpha value is -1.55. The normalized spacial score (nSPS) is 14.9. The smallest absolute Gasteiger partial charge is 0.338 e. The third-order valence-corrected chi connectivity index (χ3v) is 4.23. The molecular weight excluding hydrogens is 290 g/mol. The van der Waals surface area contributed by atoms with Crippen LogP contribution in [0.15, 0.2) is 12.1 Å². The number of ether oxygens (including phenoxy) is 2. The molecule has 0 aliphatic carbocycles. The number of likely N-dealkylation sites (tertiary alicyclic amines) is 1. The lowest BCUT2D eigenvalue weighted by Gasteiger charge is -2.15. The molecule has 1 aliphatic rings. The molecule has 1 heterocycles. The van der Waals surface area contributed by atoms with E-state index < -0.39 is 0 Å². The van der Waals surface area contributed by atoms with Crippen LogP contribution in [0.1, 0.15) is 54.1 Å². The summed E-state index contributed by atoms with van der Waals surface area (Å²) < 4.78 is 11.1. The summed E-state index contributed by atoms with van der Waals surface area (Å²) in [5, 5.41) is 0. The Labute approximate surface area is 139 Å². The molecule has 0 aromatic heterocycles. The number of hydrogen-bond donors (Lipinski definition) is 0. The van der Waals surface area contributed by atoms with E-state index in [4.69, 9.17) is 9.47 Å². The highest BCUT2D eigenvalue weighted by Crippen LogP contribution is 2.23. The van der Waals surface area contributed by atoms with Crippen molar-refractivity contribution in [1.82, 2.24) is 4.90 Å². The van der Waals surface area contributed by atoms with Crippen LogP contribution < -0.4 is 4.74 Å². The van der Waals surface area contributed by atoms with Gasteiger partial charge in [-0.2, -0.15) is 0 Å². The van der Waals surface area contributed by atoms with Gasteiger partial charge in [-0.1, -0.05) is 6.92 Å². The van der Waals surface area contributed by atoms with Crippen LogP contribution in [0.3, 0.4) is 0 Å². The van der Waals surface area contributed by atoms with Gasteiger partial charge in [-0.05, 0) is 75.9 Å². The van der Waals surface area contributed by atoms with Gasteiger partial charge in [0.25, 0.3) is 0 Å². The summed E-state index contributed by atoms with van der Waals surface area (Å²) in [5.41, 5.74) is 2.51. The van der Waals surface area contributed by atoms with Gasteiger partial charge in [-0.25, -0.2) is 4.79 Å². The standard InChI is InChI=1S/C19H29NO3/c1-4-11-22-17-13-15(2)18(16(3)14-17)19(21)23-12-7-10-20-8-5-6-9-20/h13-14H,4-12H2,1-3H3. The fourth-order valence-corrected chi connectivity index (χ4v) is 3.08. The van der Waals surface area contributed by atoms with E-state index in [2.05, 4.69) is 11.8 Å². The number of esters is 1. The lowest BCUT2D eigenvalue weighted by molar-refractivity contribution is 0.0489. The second-order valence-electron chi connectivity index (χ2n) is 6.32. The molecule has 2 rings (SSSR count). The zero-order chi connectivity index (χ0) is 16.7. The molecule has 0 amide bonds. The molecule has 0 bridgehead atoms. The van der Waals surface area contributed by atoms with Crippen LogP contribution in [-0.2, 0) is 4.74 Å². The van der Waals surface area contributed by atoms with Crippen molar-refractivity contribution >= 4 is 5.97 Å². The number of aryl methyl sites for hydroxylation is 2. The van der Waals surface area contributed by atoms with E-state index in [-0.39, 0.29) is 5.97 Å². The van der Waals surface area contributed by atoms with Crippen LogP contribution in [0, 0.1) is 13.8 Å². The van der Waals surface area contributed by atoms with Crippen molar-refractivity contribution in [2.45, 2.75) is 46.5 Å². The fourth-order valence-electron chi connectivity index (χ4n) is 3.08. The molecule has 1 fully saturated rings. The van der Waals surface area contributed by atoms with E-state index in [0.717, 1.165) is 36.3 Å². The zero-order valence-corrected chi connectivity index (χ0v) is 14.7. The molecular formula is C19H29NO3. The van der Waals surface area contributed by atoms with Crippen LogP contribution in [0.5, 0.6) is 5.75 Å². The third-order valence-electron chi connectivity index (χ3n) is 4.23. The number of rotatable bonds is 8. The first-order valence-corrected chi connectivity index (χ1v) is 8.75. The molecule has 1 aromatic carbocycles. The van der Waals surface area contributed by atoms with Crippen LogP contribution >= 0.6 is 0 Å². The molecule has 0 spiro atoms. The minimum atomic E-state index is -0.219. The van der Waals surface area contributed by atoms with Gasteiger partial charge in [-0.15, -0.1) is 0 Å². The molecule has 1 aliphatic heterocycles. The molecule has 0 atom stereocenters. The van der Waals surface area contributed by atoms with Crippen molar-refractivity contribution in [3.05, 3.63) is 28.8 Å². The van der Waals surface area contributed by atoms with Crippen LogP contribution in [0.2, 0.25) is 0 Å². The van der Waals surface area contributed by atoms with Gasteiger partial charge >= 0.3 is 5.97 Å². The predicted molar refractivity (Wildman–Crippen MR) is 92.3 cm³/mol. The monoisotopic (exact) mass is 319 g/mol. The first kappa shape index (κ1) is 17.8. The molecule has 1 aromatic rings. The van der Waals surface area contributed by atoms with Crippen molar-refractivity contribution in [3.63, 3.8) is 0 Å². The SMILES string of the molecule is CCCOc1cc(C)c(C(=O)OCCCN2CCCC2)c(C)c1. The predicted octanol–water partition coefficient (Wildman–Crippen LogP) is 3.73. The maximum absolute atomic E-state index is 12.3. The highest BCUT2D eigenvalue weighted by atomic mass is 16.5. The fraction of sp³-hybridized carbons (Fsp3) is 0.632. The van der Waals surface area contributed by atoms with Gasteiger partial charge in [0, 0.05) is 6.54 Å². The van der Waals surface area contributed by atoms with Crippen molar-refractivity contribution in [2.24, 2.45) is 0 Å². The lowest BCUT2D eigenvalue weighted by atomic mass is 10.0.